The van der Waals surface area contributed by atoms with Gasteiger partial charge in [-0.2, -0.15) is 0 Å². The van der Waals surface area contributed by atoms with Crippen molar-refractivity contribution in [2.45, 2.75) is 19.3 Å². The van der Waals surface area contributed by atoms with E-state index in [-0.39, 0.29) is 17.6 Å². The van der Waals surface area contributed by atoms with Crippen molar-refractivity contribution in [3.63, 3.8) is 0 Å². The molecule has 1 aliphatic heterocycles. The fourth-order valence-electron chi connectivity index (χ4n) is 2.76. The molecule has 0 amide bonds. The van der Waals surface area contributed by atoms with Crippen LogP contribution in [0.2, 0.25) is 5.02 Å². The van der Waals surface area contributed by atoms with Crippen molar-refractivity contribution in [2.24, 2.45) is 0 Å². The zero-order chi connectivity index (χ0) is 16.4. The van der Waals surface area contributed by atoms with Gasteiger partial charge in [0.25, 0.3) is 0 Å². The van der Waals surface area contributed by atoms with Crippen LogP contribution < -0.4 is 4.74 Å². The average Bonchev–Trinajstić information content (AvgIpc) is 2.54. The highest BCUT2D eigenvalue weighted by Crippen LogP contribution is 2.36. The number of aromatic hydroxyl groups is 1. The maximum Gasteiger partial charge on any atom is 0.338 e. The lowest BCUT2D eigenvalue weighted by atomic mass is 9.90. The first kappa shape index (κ1) is 15.7. The van der Waals surface area contributed by atoms with Gasteiger partial charge in [-0.25, -0.2) is 4.79 Å². The second-order valence-corrected chi connectivity index (χ2v) is 5.87. The van der Waals surface area contributed by atoms with Crippen molar-refractivity contribution in [2.75, 3.05) is 13.2 Å². The van der Waals surface area contributed by atoms with Gasteiger partial charge in [0.05, 0.1) is 18.8 Å². The lowest BCUT2D eigenvalue weighted by Gasteiger charge is -2.26. The third-order valence-electron chi connectivity index (χ3n) is 3.91. The molecule has 1 N–H and O–H groups in total. The van der Waals surface area contributed by atoms with Crippen LogP contribution in [0, 0.1) is 0 Å². The molecule has 3 rings (SSSR count). The van der Waals surface area contributed by atoms with Gasteiger partial charge in [-0.1, -0.05) is 23.7 Å². The first-order valence-corrected chi connectivity index (χ1v) is 7.87. The number of phenolic OH excluding ortho intramolecular Hbond substituents is 1. The first-order valence-electron chi connectivity index (χ1n) is 7.49. The van der Waals surface area contributed by atoms with E-state index >= 15 is 0 Å². The number of benzene rings is 2. The minimum atomic E-state index is -0.345. The topological polar surface area (TPSA) is 55.8 Å². The number of rotatable bonds is 3. The van der Waals surface area contributed by atoms with Gasteiger partial charge in [0.1, 0.15) is 11.5 Å². The summed E-state index contributed by atoms with van der Waals surface area (Å²) in [4.78, 5) is 11.8. The van der Waals surface area contributed by atoms with Crippen LogP contribution in [0.4, 0.5) is 0 Å². The highest BCUT2D eigenvalue weighted by atomic mass is 35.5. The van der Waals surface area contributed by atoms with E-state index in [9.17, 15) is 9.90 Å². The molecule has 2 aromatic carbocycles. The summed E-state index contributed by atoms with van der Waals surface area (Å²) in [6.45, 7) is 2.60. The highest BCUT2D eigenvalue weighted by molar-refractivity contribution is 6.31. The molecule has 1 heterocycles. The molecular weight excluding hydrogens is 316 g/mol. The first-order chi connectivity index (χ1) is 11.1. The molecular formula is C18H17ClO4. The second-order valence-electron chi connectivity index (χ2n) is 5.46. The predicted molar refractivity (Wildman–Crippen MR) is 87.5 cm³/mol. The summed E-state index contributed by atoms with van der Waals surface area (Å²) < 4.78 is 10.8. The van der Waals surface area contributed by atoms with Crippen LogP contribution in [0.25, 0.3) is 0 Å². The molecule has 0 aliphatic carbocycles. The summed E-state index contributed by atoms with van der Waals surface area (Å²) in [6, 6.07) is 10.4. The van der Waals surface area contributed by atoms with Gasteiger partial charge in [-0.05, 0) is 48.7 Å². The van der Waals surface area contributed by atoms with Crippen molar-refractivity contribution < 1.29 is 19.4 Å². The number of phenols is 1. The fourth-order valence-corrected chi connectivity index (χ4v) is 3.09. The maximum atomic E-state index is 11.8. The molecule has 0 spiro atoms. The Morgan fingerprint density at radius 3 is 2.91 bits per heavy atom. The van der Waals surface area contributed by atoms with Crippen LogP contribution in [0.15, 0.2) is 36.4 Å². The minimum Gasteiger partial charge on any atom is -0.508 e. The van der Waals surface area contributed by atoms with E-state index in [0.717, 1.165) is 17.5 Å². The Morgan fingerprint density at radius 1 is 1.35 bits per heavy atom. The van der Waals surface area contributed by atoms with Crippen LogP contribution in [0.3, 0.4) is 0 Å². The Morgan fingerprint density at radius 2 is 2.17 bits per heavy atom. The molecule has 2 aromatic rings. The van der Waals surface area contributed by atoms with Crippen molar-refractivity contribution in [3.05, 3.63) is 58.1 Å². The monoisotopic (exact) mass is 332 g/mol. The van der Waals surface area contributed by atoms with Gasteiger partial charge in [0, 0.05) is 10.9 Å². The summed E-state index contributed by atoms with van der Waals surface area (Å²) in [5.74, 6) is 0.628. The van der Waals surface area contributed by atoms with E-state index in [1.807, 2.05) is 12.1 Å². The second kappa shape index (κ2) is 6.50. The molecule has 0 radical (unpaired) electrons. The molecule has 120 valence electrons. The Kier molecular flexibility index (Phi) is 4.44. The van der Waals surface area contributed by atoms with Crippen LogP contribution >= 0.6 is 11.6 Å². The summed E-state index contributed by atoms with van der Waals surface area (Å²) in [5, 5.41) is 9.99. The third-order valence-corrected chi connectivity index (χ3v) is 4.24. The molecule has 0 fully saturated rings. The largest absolute Gasteiger partial charge is 0.508 e. The van der Waals surface area contributed by atoms with Gasteiger partial charge in [-0.3, -0.25) is 0 Å². The zero-order valence-electron chi connectivity index (χ0n) is 12.7. The van der Waals surface area contributed by atoms with Gasteiger partial charge in [0.15, 0.2) is 0 Å². The van der Waals surface area contributed by atoms with E-state index < -0.39 is 0 Å². The molecule has 0 saturated carbocycles. The number of hydrogen-bond acceptors (Lipinski definition) is 4. The molecule has 1 aliphatic rings. The van der Waals surface area contributed by atoms with Gasteiger partial charge < -0.3 is 14.6 Å². The highest BCUT2D eigenvalue weighted by Gasteiger charge is 2.24. The van der Waals surface area contributed by atoms with E-state index in [2.05, 4.69) is 0 Å². The third kappa shape index (κ3) is 3.27. The lowest BCUT2D eigenvalue weighted by molar-refractivity contribution is 0.0525. The van der Waals surface area contributed by atoms with Gasteiger partial charge >= 0.3 is 5.97 Å². The number of carbonyl (C=O) groups excluding carboxylic acids is 1. The number of halogens is 1. The molecule has 0 saturated heterocycles. The van der Waals surface area contributed by atoms with Crippen molar-refractivity contribution in [3.8, 4) is 11.5 Å². The van der Waals surface area contributed by atoms with E-state index in [0.29, 0.717) is 29.5 Å². The number of fused-ring (bicyclic) bond motifs is 1. The van der Waals surface area contributed by atoms with Crippen LogP contribution in [-0.4, -0.2) is 24.3 Å². The molecule has 23 heavy (non-hydrogen) atoms. The average molecular weight is 333 g/mol. The molecule has 0 aromatic heterocycles. The Balaban J connectivity index is 1.82. The number of esters is 1. The Hall–Kier alpha value is -2.20. The van der Waals surface area contributed by atoms with E-state index in [1.54, 1.807) is 25.1 Å². The van der Waals surface area contributed by atoms with Crippen LogP contribution in [0.1, 0.15) is 34.3 Å². The minimum absolute atomic E-state index is 0.115. The van der Waals surface area contributed by atoms with Crippen LogP contribution in [0.5, 0.6) is 11.5 Å². The van der Waals surface area contributed by atoms with E-state index in [1.165, 1.54) is 6.07 Å². The van der Waals surface area contributed by atoms with Crippen molar-refractivity contribution >= 4 is 17.6 Å². The molecule has 4 nitrogen and oxygen atoms in total. The molecule has 1 unspecified atom stereocenters. The molecule has 0 bridgehead atoms. The summed E-state index contributed by atoms with van der Waals surface area (Å²) >= 11 is 6.21. The van der Waals surface area contributed by atoms with E-state index in [4.69, 9.17) is 21.1 Å². The standard InChI is InChI=1S/C18H17ClO4/c1-2-22-18(21)12-4-3-11-7-13(10-23-17(11)8-12)15-6-5-14(20)9-16(15)19/h3-6,8-9,13,20H,2,7,10H2,1H3. The quantitative estimate of drug-likeness (QED) is 0.865. The summed E-state index contributed by atoms with van der Waals surface area (Å²) in [6.07, 6.45) is 0.767. The van der Waals surface area contributed by atoms with Gasteiger partial charge in [0.2, 0.25) is 0 Å². The van der Waals surface area contributed by atoms with Crippen molar-refractivity contribution in [1.82, 2.24) is 0 Å². The Bertz CT molecular complexity index is 742. The van der Waals surface area contributed by atoms with Crippen molar-refractivity contribution in [1.29, 1.82) is 0 Å². The predicted octanol–water partition coefficient (Wildman–Crippen LogP) is 3.94. The fraction of sp³-hybridized carbons (Fsp3) is 0.278. The lowest BCUT2D eigenvalue weighted by Crippen LogP contribution is -2.20. The molecule has 5 heteroatoms. The van der Waals surface area contributed by atoms with Crippen LogP contribution in [-0.2, 0) is 11.2 Å². The number of ether oxygens (including phenoxy) is 2. The smallest absolute Gasteiger partial charge is 0.338 e. The SMILES string of the molecule is CCOC(=O)c1ccc2c(c1)OCC(c1ccc(O)cc1Cl)C2. The summed E-state index contributed by atoms with van der Waals surface area (Å²) in [5.41, 5.74) is 2.47. The zero-order valence-corrected chi connectivity index (χ0v) is 13.5. The van der Waals surface area contributed by atoms with Gasteiger partial charge in [-0.15, -0.1) is 0 Å². The number of carbonyl (C=O) groups is 1. The maximum absolute atomic E-state index is 11.8. The normalized spacial score (nSPS) is 16.3. The molecule has 1 atom stereocenters. The number of hydrogen-bond donors (Lipinski definition) is 1. The Labute approximate surface area is 139 Å². The summed E-state index contributed by atoms with van der Waals surface area (Å²) in [7, 11) is 0.